The maximum absolute atomic E-state index is 13.4. The van der Waals surface area contributed by atoms with E-state index in [-0.39, 0.29) is 33.5 Å². The number of ether oxygens (including phenoxy) is 1. The van der Waals surface area contributed by atoms with E-state index >= 15 is 0 Å². The summed E-state index contributed by atoms with van der Waals surface area (Å²) in [6.45, 7) is 5.17. The van der Waals surface area contributed by atoms with Gasteiger partial charge in [0.25, 0.3) is 5.91 Å². The van der Waals surface area contributed by atoms with Gasteiger partial charge in [-0.1, -0.05) is 25.4 Å². The fourth-order valence-electron chi connectivity index (χ4n) is 4.91. The van der Waals surface area contributed by atoms with Crippen LogP contribution in [0.5, 0.6) is 5.88 Å². The number of fused-ring (bicyclic) bond motifs is 2. The molecule has 11 heteroatoms. The van der Waals surface area contributed by atoms with Gasteiger partial charge in [0.1, 0.15) is 16.4 Å². The smallest absolute Gasteiger partial charge is 0.255 e. The van der Waals surface area contributed by atoms with E-state index in [2.05, 4.69) is 9.88 Å². The highest BCUT2D eigenvalue weighted by atomic mass is 35.5. The Morgan fingerprint density at radius 2 is 1.85 bits per heavy atom. The van der Waals surface area contributed by atoms with Crippen LogP contribution in [-0.4, -0.2) is 73.9 Å². The summed E-state index contributed by atoms with van der Waals surface area (Å²) in [5.74, 6) is -0.396. The molecule has 1 aromatic heterocycles. The van der Waals surface area contributed by atoms with Crippen LogP contribution in [0.25, 0.3) is 0 Å². The Morgan fingerprint density at radius 1 is 1.21 bits per heavy atom. The zero-order valence-corrected chi connectivity index (χ0v) is 20.9. The van der Waals surface area contributed by atoms with E-state index in [1.54, 1.807) is 24.8 Å². The van der Waals surface area contributed by atoms with Crippen LogP contribution in [0.3, 0.4) is 0 Å². The number of piperazine rings is 1. The number of sulfonamides is 1. The first kappa shape index (κ1) is 24.7. The summed E-state index contributed by atoms with van der Waals surface area (Å²) in [7, 11) is -2.19. The molecule has 0 N–H and O–H groups in total. The number of benzene rings is 1. The van der Waals surface area contributed by atoms with E-state index in [1.807, 2.05) is 0 Å². The van der Waals surface area contributed by atoms with Gasteiger partial charge in [0.15, 0.2) is 0 Å². The number of rotatable bonds is 7. The number of likely N-dealkylation sites (tertiary alicyclic amines) is 1. The lowest BCUT2D eigenvalue weighted by Crippen LogP contribution is -2.55. The van der Waals surface area contributed by atoms with Crippen molar-refractivity contribution >= 4 is 33.2 Å². The van der Waals surface area contributed by atoms with Crippen LogP contribution in [0, 0.1) is 5.82 Å². The van der Waals surface area contributed by atoms with E-state index in [0.29, 0.717) is 37.7 Å². The van der Waals surface area contributed by atoms with Gasteiger partial charge < -0.3 is 14.5 Å². The van der Waals surface area contributed by atoms with E-state index in [0.717, 1.165) is 18.9 Å². The number of carbonyl (C=O) groups excluding carboxylic acids is 1. The average Bonchev–Trinajstić information content (AvgIpc) is 3.07. The van der Waals surface area contributed by atoms with Gasteiger partial charge in [0, 0.05) is 38.3 Å². The van der Waals surface area contributed by atoms with Crippen LogP contribution in [0.4, 0.5) is 10.1 Å². The number of pyridine rings is 1. The van der Waals surface area contributed by atoms with Crippen molar-refractivity contribution < 1.29 is 22.3 Å². The minimum Gasteiger partial charge on any atom is -0.480 e. The fourth-order valence-corrected chi connectivity index (χ4v) is 6.59. The predicted octanol–water partition coefficient (Wildman–Crippen LogP) is 3.41. The molecule has 0 radical (unpaired) electrons. The summed E-state index contributed by atoms with van der Waals surface area (Å²) < 4.78 is 46.5. The van der Waals surface area contributed by atoms with Gasteiger partial charge in [-0.2, -0.15) is 4.31 Å². The number of anilines is 1. The van der Waals surface area contributed by atoms with Crippen molar-refractivity contribution in [2.45, 2.75) is 43.7 Å². The zero-order chi connectivity index (χ0) is 24.6. The first-order valence-corrected chi connectivity index (χ1v) is 13.1. The van der Waals surface area contributed by atoms with Crippen molar-refractivity contribution in [2.75, 3.05) is 38.2 Å². The van der Waals surface area contributed by atoms with Crippen LogP contribution < -0.4 is 9.64 Å². The molecule has 2 aliphatic rings. The second-order valence-corrected chi connectivity index (χ2v) is 10.8. The fraction of sp³-hybridized carbons (Fsp3) is 0.478. The molecule has 0 saturated carbocycles. The lowest BCUT2D eigenvalue weighted by Gasteiger charge is -2.42. The van der Waals surface area contributed by atoms with Crippen LogP contribution in [0.2, 0.25) is 5.02 Å². The Kier molecular flexibility index (Phi) is 7.02. The Hall–Kier alpha value is -2.43. The van der Waals surface area contributed by atoms with Crippen LogP contribution >= 0.6 is 11.6 Å². The number of methoxy groups -OCH3 is 1. The summed E-state index contributed by atoms with van der Waals surface area (Å²) >= 11 is 6.12. The molecule has 0 aliphatic carbocycles. The molecule has 34 heavy (non-hydrogen) atoms. The van der Waals surface area contributed by atoms with Crippen molar-refractivity contribution in [3.05, 3.63) is 46.9 Å². The van der Waals surface area contributed by atoms with Gasteiger partial charge in [0.2, 0.25) is 15.9 Å². The third-order valence-corrected chi connectivity index (χ3v) is 8.88. The zero-order valence-electron chi connectivity index (χ0n) is 19.4. The SMILES string of the molecule is CCN(CC)S(=O)(=O)c1cnc(OC)c(N2[C@@H]3CC[C@H]2CN(C(=O)c2ccc(F)cc2Cl)C3)c1. The number of nitrogens with zero attached hydrogens (tertiary/aromatic N) is 4. The molecule has 3 heterocycles. The van der Waals surface area contributed by atoms with Crippen LogP contribution in [0.15, 0.2) is 35.4 Å². The lowest BCUT2D eigenvalue weighted by molar-refractivity contribution is 0.0718. The van der Waals surface area contributed by atoms with E-state index in [1.165, 1.54) is 29.7 Å². The average molecular weight is 511 g/mol. The summed E-state index contributed by atoms with van der Waals surface area (Å²) in [4.78, 5) is 21.4. The molecule has 8 nitrogen and oxygen atoms in total. The Labute approximate surface area is 204 Å². The summed E-state index contributed by atoms with van der Waals surface area (Å²) in [6, 6.07) is 5.32. The molecule has 2 bridgehead atoms. The highest BCUT2D eigenvalue weighted by Crippen LogP contribution is 2.40. The Bertz CT molecular complexity index is 1180. The van der Waals surface area contributed by atoms with Crippen LogP contribution in [0.1, 0.15) is 37.0 Å². The summed E-state index contributed by atoms with van der Waals surface area (Å²) in [5, 5.41) is 0.0833. The number of hydrogen-bond donors (Lipinski definition) is 0. The van der Waals surface area contributed by atoms with E-state index in [9.17, 15) is 17.6 Å². The molecule has 0 unspecified atom stereocenters. The normalized spacial score (nSPS) is 20.2. The number of carbonyl (C=O) groups is 1. The standard InChI is InChI=1S/C23H28ClFN4O4S/c1-4-28(5-2)34(31,32)18-11-21(22(33-3)26-12-18)29-16-7-8-17(29)14-27(13-16)23(30)19-9-6-15(25)10-20(19)24/h6,9-12,16-17H,4-5,7-8,13-14H2,1-3H3/t16-,17+. The molecule has 2 fully saturated rings. The lowest BCUT2D eigenvalue weighted by atomic mass is 10.1. The third kappa shape index (κ3) is 4.34. The summed E-state index contributed by atoms with van der Waals surface area (Å²) in [6.07, 6.45) is 3.00. The maximum Gasteiger partial charge on any atom is 0.255 e. The van der Waals surface area contributed by atoms with E-state index in [4.69, 9.17) is 16.3 Å². The minimum atomic E-state index is -3.69. The van der Waals surface area contributed by atoms with Crippen molar-refractivity contribution in [3.63, 3.8) is 0 Å². The molecule has 4 rings (SSSR count). The van der Waals surface area contributed by atoms with Crippen LogP contribution in [-0.2, 0) is 10.0 Å². The predicted molar refractivity (Wildman–Crippen MR) is 127 cm³/mol. The minimum absolute atomic E-state index is 0.0379. The molecule has 2 aliphatic heterocycles. The van der Waals surface area contributed by atoms with Crippen molar-refractivity contribution in [2.24, 2.45) is 0 Å². The molecule has 2 atom stereocenters. The van der Waals surface area contributed by atoms with Gasteiger partial charge in [-0.15, -0.1) is 0 Å². The molecule has 1 amide bonds. The molecular formula is C23H28ClFN4O4S. The second-order valence-electron chi connectivity index (χ2n) is 8.42. The van der Waals surface area contributed by atoms with Gasteiger partial charge in [0.05, 0.1) is 23.9 Å². The first-order valence-electron chi connectivity index (χ1n) is 11.3. The number of amides is 1. The number of aromatic nitrogens is 1. The molecule has 2 saturated heterocycles. The Balaban J connectivity index is 1.64. The largest absolute Gasteiger partial charge is 0.480 e. The van der Waals surface area contributed by atoms with Gasteiger partial charge in [-0.25, -0.2) is 17.8 Å². The first-order chi connectivity index (χ1) is 16.2. The van der Waals surface area contributed by atoms with Gasteiger partial charge in [-0.05, 0) is 37.1 Å². The maximum atomic E-state index is 13.4. The molecule has 2 aromatic rings. The number of hydrogen-bond acceptors (Lipinski definition) is 6. The highest BCUT2D eigenvalue weighted by Gasteiger charge is 2.43. The van der Waals surface area contributed by atoms with Gasteiger partial charge in [-0.3, -0.25) is 4.79 Å². The van der Waals surface area contributed by atoms with Gasteiger partial charge >= 0.3 is 0 Å². The highest BCUT2D eigenvalue weighted by molar-refractivity contribution is 7.89. The molecule has 0 spiro atoms. The quantitative estimate of drug-likeness (QED) is 0.567. The van der Waals surface area contributed by atoms with E-state index < -0.39 is 15.8 Å². The Morgan fingerprint density at radius 3 is 2.41 bits per heavy atom. The summed E-state index contributed by atoms with van der Waals surface area (Å²) in [5.41, 5.74) is 0.873. The topological polar surface area (TPSA) is 83.1 Å². The molecule has 1 aromatic carbocycles. The molecule has 184 valence electrons. The monoisotopic (exact) mass is 510 g/mol. The van der Waals surface area contributed by atoms with Crippen molar-refractivity contribution in [1.29, 1.82) is 0 Å². The van der Waals surface area contributed by atoms with Crippen molar-refractivity contribution in [3.8, 4) is 5.88 Å². The third-order valence-electron chi connectivity index (χ3n) is 6.55. The molecular weight excluding hydrogens is 483 g/mol. The van der Waals surface area contributed by atoms with Crippen molar-refractivity contribution in [1.82, 2.24) is 14.2 Å². The second kappa shape index (κ2) is 9.67. The number of halogens is 2.